The van der Waals surface area contributed by atoms with E-state index >= 15 is 0 Å². The fourth-order valence-corrected chi connectivity index (χ4v) is 3.52. The minimum Gasteiger partial charge on any atom is -0.342 e. The van der Waals surface area contributed by atoms with Gasteiger partial charge in [0.15, 0.2) is 0 Å². The number of hydrogen-bond donors (Lipinski definition) is 1. The number of likely N-dealkylation sites (tertiary alicyclic amines) is 1. The van der Waals surface area contributed by atoms with Crippen LogP contribution in [0.1, 0.15) is 56.1 Å². The Hall–Kier alpha value is -1.49. The Morgan fingerprint density at radius 3 is 3.05 bits per heavy atom. The lowest BCUT2D eigenvalue weighted by molar-refractivity contribution is -0.134. The summed E-state index contributed by atoms with van der Waals surface area (Å²) in [6.45, 7) is 7.70. The summed E-state index contributed by atoms with van der Waals surface area (Å²) >= 11 is 0. The van der Waals surface area contributed by atoms with Crippen molar-refractivity contribution in [2.45, 2.75) is 52.0 Å². The lowest BCUT2D eigenvalue weighted by Gasteiger charge is -2.22. The Morgan fingerprint density at radius 1 is 1.45 bits per heavy atom. The van der Waals surface area contributed by atoms with Crippen molar-refractivity contribution in [2.24, 2.45) is 5.92 Å². The molecule has 2 aliphatic heterocycles. The first-order valence-electron chi connectivity index (χ1n) is 8.57. The molecule has 5 heteroatoms. The third-order valence-electron chi connectivity index (χ3n) is 5.03. The first kappa shape index (κ1) is 15.4. The van der Waals surface area contributed by atoms with Crippen molar-refractivity contribution in [3.05, 3.63) is 23.3 Å². The van der Waals surface area contributed by atoms with Crippen LogP contribution in [0.25, 0.3) is 0 Å². The molecule has 0 spiro atoms. The molecule has 3 heterocycles. The number of nitrogens with zero attached hydrogens (tertiary/aromatic N) is 3. The monoisotopic (exact) mass is 302 g/mol. The number of nitrogens with one attached hydrogen (secondary N) is 1. The summed E-state index contributed by atoms with van der Waals surface area (Å²) in [5, 5.41) is 3.34. The predicted molar refractivity (Wildman–Crippen MR) is 85.5 cm³/mol. The van der Waals surface area contributed by atoms with Crippen LogP contribution in [0.15, 0.2) is 6.20 Å². The molecule has 22 heavy (non-hydrogen) atoms. The highest BCUT2D eigenvalue weighted by atomic mass is 16.2. The van der Waals surface area contributed by atoms with Crippen molar-refractivity contribution in [2.75, 3.05) is 19.6 Å². The van der Waals surface area contributed by atoms with Gasteiger partial charge < -0.3 is 10.2 Å². The van der Waals surface area contributed by atoms with Gasteiger partial charge >= 0.3 is 0 Å². The highest BCUT2D eigenvalue weighted by Crippen LogP contribution is 2.27. The number of rotatable bonds is 4. The average Bonchev–Trinajstić information content (AvgIpc) is 3.05. The minimum atomic E-state index is 0.175. The molecule has 5 nitrogen and oxygen atoms in total. The van der Waals surface area contributed by atoms with Gasteiger partial charge in [-0.3, -0.25) is 4.79 Å². The summed E-state index contributed by atoms with van der Waals surface area (Å²) in [6.07, 6.45) is 5.80. The summed E-state index contributed by atoms with van der Waals surface area (Å²) in [5.41, 5.74) is 2.41. The zero-order valence-electron chi connectivity index (χ0n) is 13.6. The van der Waals surface area contributed by atoms with Gasteiger partial charge in [-0.05, 0) is 19.3 Å². The van der Waals surface area contributed by atoms with Gasteiger partial charge in [0.1, 0.15) is 5.82 Å². The fourth-order valence-electron chi connectivity index (χ4n) is 3.52. The summed E-state index contributed by atoms with van der Waals surface area (Å²) < 4.78 is 0. The largest absolute Gasteiger partial charge is 0.342 e. The first-order valence-corrected chi connectivity index (χ1v) is 8.57. The van der Waals surface area contributed by atoms with Crippen molar-refractivity contribution in [1.82, 2.24) is 20.2 Å². The van der Waals surface area contributed by atoms with Gasteiger partial charge in [-0.1, -0.05) is 13.8 Å². The number of carbonyl (C=O) groups is 1. The zero-order valence-corrected chi connectivity index (χ0v) is 13.6. The van der Waals surface area contributed by atoms with E-state index in [9.17, 15) is 4.79 Å². The van der Waals surface area contributed by atoms with Crippen LogP contribution in [-0.4, -0.2) is 40.4 Å². The van der Waals surface area contributed by atoms with Crippen molar-refractivity contribution in [3.8, 4) is 0 Å². The first-order chi connectivity index (χ1) is 10.7. The van der Waals surface area contributed by atoms with E-state index in [-0.39, 0.29) is 5.92 Å². The van der Waals surface area contributed by atoms with Crippen LogP contribution in [0.5, 0.6) is 0 Å². The van der Waals surface area contributed by atoms with Crippen LogP contribution < -0.4 is 5.32 Å². The fraction of sp³-hybridized carbons (Fsp3) is 0.706. The standard InChI is InChI=1S/C17H26N4O/c1-3-12(4-2)17(22)21-8-6-13(11-21)16-19-10-14-9-18-7-5-15(14)20-16/h10,12-13,18H,3-9,11H2,1-2H3. The molecule has 0 aromatic carbocycles. The number of carbonyl (C=O) groups excluding carboxylic acids is 1. The van der Waals surface area contributed by atoms with Crippen LogP contribution in [0.2, 0.25) is 0 Å². The Balaban J connectivity index is 1.69. The number of fused-ring (bicyclic) bond motifs is 1. The SMILES string of the molecule is CCC(CC)C(=O)N1CCC(c2ncc3c(n2)CCNC3)C1. The lowest BCUT2D eigenvalue weighted by Crippen LogP contribution is -2.34. The van der Waals surface area contributed by atoms with Crippen LogP contribution in [0.3, 0.4) is 0 Å². The van der Waals surface area contributed by atoms with Gasteiger partial charge in [-0.2, -0.15) is 0 Å². The van der Waals surface area contributed by atoms with Gasteiger partial charge in [0.2, 0.25) is 5.91 Å². The molecule has 1 saturated heterocycles. The van der Waals surface area contributed by atoms with Gasteiger partial charge in [-0.25, -0.2) is 9.97 Å². The van der Waals surface area contributed by atoms with Crippen molar-refractivity contribution in [1.29, 1.82) is 0 Å². The maximum atomic E-state index is 12.5. The molecule has 0 aliphatic carbocycles. The van der Waals surface area contributed by atoms with E-state index in [0.717, 1.165) is 57.7 Å². The number of amides is 1. The van der Waals surface area contributed by atoms with E-state index in [1.54, 1.807) is 0 Å². The van der Waals surface area contributed by atoms with E-state index in [4.69, 9.17) is 4.98 Å². The molecular weight excluding hydrogens is 276 g/mol. The molecule has 1 N–H and O–H groups in total. The summed E-state index contributed by atoms with van der Waals surface area (Å²) in [4.78, 5) is 23.9. The molecule has 120 valence electrons. The van der Waals surface area contributed by atoms with Crippen molar-refractivity contribution >= 4 is 5.91 Å². The molecule has 0 saturated carbocycles. The summed E-state index contributed by atoms with van der Waals surface area (Å²) in [6, 6.07) is 0. The molecule has 1 aromatic rings. The Bertz CT molecular complexity index is 541. The lowest BCUT2D eigenvalue weighted by atomic mass is 10.0. The molecule has 1 unspecified atom stereocenters. The van der Waals surface area contributed by atoms with E-state index in [1.807, 2.05) is 11.1 Å². The highest BCUT2D eigenvalue weighted by molar-refractivity contribution is 5.79. The van der Waals surface area contributed by atoms with Crippen molar-refractivity contribution < 1.29 is 4.79 Å². The molecule has 0 radical (unpaired) electrons. The smallest absolute Gasteiger partial charge is 0.225 e. The van der Waals surface area contributed by atoms with Crippen molar-refractivity contribution in [3.63, 3.8) is 0 Å². The topological polar surface area (TPSA) is 58.1 Å². The van der Waals surface area contributed by atoms with Crippen LogP contribution in [0.4, 0.5) is 0 Å². The van der Waals surface area contributed by atoms with Gasteiger partial charge in [0.25, 0.3) is 0 Å². The molecule has 2 aliphatic rings. The molecule has 1 fully saturated rings. The second-order valence-electron chi connectivity index (χ2n) is 6.41. The molecule has 1 atom stereocenters. The van der Waals surface area contributed by atoms with Gasteiger partial charge in [-0.15, -0.1) is 0 Å². The third-order valence-corrected chi connectivity index (χ3v) is 5.03. The average molecular weight is 302 g/mol. The predicted octanol–water partition coefficient (Wildman–Crippen LogP) is 1.87. The van der Waals surface area contributed by atoms with Crippen LogP contribution >= 0.6 is 0 Å². The Labute approximate surface area is 132 Å². The second kappa shape index (κ2) is 6.73. The zero-order chi connectivity index (χ0) is 15.5. The minimum absolute atomic E-state index is 0.175. The normalized spacial score (nSPS) is 21.2. The number of hydrogen-bond acceptors (Lipinski definition) is 4. The van der Waals surface area contributed by atoms with Crippen LogP contribution in [0, 0.1) is 5.92 Å². The summed E-state index contributed by atoms with van der Waals surface area (Å²) in [7, 11) is 0. The van der Waals surface area contributed by atoms with E-state index < -0.39 is 0 Å². The van der Waals surface area contributed by atoms with Crippen LogP contribution in [-0.2, 0) is 17.8 Å². The number of aromatic nitrogens is 2. The quantitative estimate of drug-likeness (QED) is 0.922. The summed E-state index contributed by atoms with van der Waals surface area (Å²) in [5.74, 6) is 1.72. The molecular formula is C17H26N4O. The van der Waals surface area contributed by atoms with E-state index in [0.29, 0.717) is 11.8 Å². The second-order valence-corrected chi connectivity index (χ2v) is 6.41. The van der Waals surface area contributed by atoms with Gasteiger partial charge in [0, 0.05) is 61.9 Å². The molecule has 0 bridgehead atoms. The van der Waals surface area contributed by atoms with E-state index in [1.165, 1.54) is 11.3 Å². The Kier molecular flexibility index (Phi) is 4.71. The molecule has 1 aromatic heterocycles. The molecule has 1 amide bonds. The van der Waals surface area contributed by atoms with E-state index in [2.05, 4.69) is 24.1 Å². The third kappa shape index (κ3) is 3.00. The molecule has 3 rings (SSSR count). The maximum Gasteiger partial charge on any atom is 0.225 e. The highest BCUT2D eigenvalue weighted by Gasteiger charge is 2.31. The maximum absolute atomic E-state index is 12.5. The Morgan fingerprint density at radius 2 is 2.27 bits per heavy atom. The van der Waals surface area contributed by atoms with Gasteiger partial charge in [0.05, 0.1) is 0 Å².